The van der Waals surface area contributed by atoms with E-state index in [1.807, 2.05) is 6.07 Å². The van der Waals surface area contributed by atoms with E-state index in [4.69, 9.17) is 11.0 Å². The van der Waals surface area contributed by atoms with Gasteiger partial charge in [-0.1, -0.05) is 0 Å². The van der Waals surface area contributed by atoms with Gasteiger partial charge in [0.2, 0.25) is 0 Å². The molecule has 1 aromatic carbocycles. The first-order valence-corrected chi connectivity index (χ1v) is 5.43. The zero-order chi connectivity index (χ0) is 11.5. The molecule has 4 heteroatoms. The molecule has 1 aromatic rings. The number of β-amino-alcohol motifs (C(OH)–C–C–N with tert-alkyl or cyclic N) is 1. The molecule has 0 aromatic heterocycles. The molecule has 0 radical (unpaired) electrons. The van der Waals surface area contributed by atoms with Gasteiger partial charge >= 0.3 is 0 Å². The number of aliphatic hydroxyl groups is 1. The molecule has 0 aliphatic carbocycles. The third kappa shape index (κ3) is 2.10. The summed E-state index contributed by atoms with van der Waals surface area (Å²) in [6.45, 7) is 1.53. The number of hydrogen-bond donors (Lipinski definition) is 2. The Bertz CT molecular complexity index is 425. The minimum absolute atomic E-state index is 0.274. The summed E-state index contributed by atoms with van der Waals surface area (Å²) in [5, 5.41) is 18.3. The van der Waals surface area contributed by atoms with Crippen molar-refractivity contribution in [2.75, 3.05) is 23.7 Å². The summed E-state index contributed by atoms with van der Waals surface area (Å²) in [7, 11) is 0. The van der Waals surface area contributed by atoms with Gasteiger partial charge in [-0.2, -0.15) is 5.26 Å². The van der Waals surface area contributed by atoms with E-state index in [1.54, 1.807) is 12.1 Å². The van der Waals surface area contributed by atoms with Gasteiger partial charge in [0, 0.05) is 13.1 Å². The highest BCUT2D eigenvalue weighted by Crippen LogP contribution is 2.27. The maximum Gasteiger partial charge on any atom is 0.0992 e. The fraction of sp³-hybridized carbons (Fsp3) is 0.417. The number of hydrogen-bond acceptors (Lipinski definition) is 4. The van der Waals surface area contributed by atoms with Crippen LogP contribution in [-0.2, 0) is 0 Å². The normalized spacial score (nSPS) is 20.5. The first kappa shape index (κ1) is 10.8. The second-order valence-electron chi connectivity index (χ2n) is 4.13. The van der Waals surface area contributed by atoms with E-state index >= 15 is 0 Å². The largest absolute Gasteiger partial charge is 0.397 e. The van der Waals surface area contributed by atoms with Gasteiger partial charge in [0.05, 0.1) is 29.1 Å². The van der Waals surface area contributed by atoms with Crippen molar-refractivity contribution >= 4 is 11.4 Å². The molecule has 2 rings (SSSR count). The van der Waals surface area contributed by atoms with Crippen LogP contribution in [0.25, 0.3) is 0 Å². The lowest BCUT2D eigenvalue weighted by atomic mass is 10.1. The average Bonchev–Trinajstić information content (AvgIpc) is 2.28. The standard InChI is InChI=1S/C12H15N3O/c13-7-9-3-4-12(11(14)6-9)15-5-1-2-10(16)8-15/h3-4,6,10,16H,1-2,5,8,14H2. The van der Waals surface area contributed by atoms with Crippen molar-refractivity contribution < 1.29 is 5.11 Å². The summed E-state index contributed by atoms with van der Waals surface area (Å²) in [6, 6.07) is 7.35. The summed E-state index contributed by atoms with van der Waals surface area (Å²) in [6.07, 6.45) is 1.55. The van der Waals surface area contributed by atoms with E-state index < -0.39 is 0 Å². The van der Waals surface area contributed by atoms with Gasteiger partial charge in [0.15, 0.2) is 0 Å². The minimum atomic E-state index is -0.274. The summed E-state index contributed by atoms with van der Waals surface area (Å²) < 4.78 is 0. The van der Waals surface area contributed by atoms with Crippen LogP contribution in [0, 0.1) is 11.3 Å². The molecule has 1 aliphatic rings. The Kier molecular flexibility index (Phi) is 2.97. The van der Waals surface area contributed by atoms with Gasteiger partial charge in [-0.15, -0.1) is 0 Å². The molecule has 3 N–H and O–H groups in total. The van der Waals surface area contributed by atoms with E-state index in [0.717, 1.165) is 25.1 Å². The van der Waals surface area contributed by atoms with Gasteiger partial charge in [-0.25, -0.2) is 0 Å². The van der Waals surface area contributed by atoms with Gasteiger partial charge in [0.1, 0.15) is 0 Å². The van der Waals surface area contributed by atoms with Crippen LogP contribution in [0.3, 0.4) is 0 Å². The third-order valence-corrected chi connectivity index (χ3v) is 2.89. The molecular formula is C12H15N3O. The van der Waals surface area contributed by atoms with Crippen LogP contribution in [0.5, 0.6) is 0 Å². The summed E-state index contributed by atoms with van der Waals surface area (Å²) in [4.78, 5) is 2.07. The number of anilines is 2. The van der Waals surface area contributed by atoms with E-state index in [9.17, 15) is 5.11 Å². The van der Waals surface area contributed by atoms with E-state index in [2.05, 4.69) is 11.0 Å². The predicted molar refractivity (Wildman–Crippen MR) is 63.0 cm³/mol. The second kappa shape index (κ2) is 4.42. The minimum Gasteiger partial charge on any atom is -0.397 e. The molecule has 1 aliphatic heterocycles. The molecule has 1 fully saturated rings. The summed E-state index contributed by atoms with van der Waals surface area (Å²) >= 11 is 0. The Labute approximate surface area is 94.9 Å². The van der Waals surface area contributed by atoms with Gasteiger partial charge in [-0.3, -0.25) is 0 Å². The zero-order valence-corrected chi connectivity index (χ0v) is 9.06. The Morgan fingerprint density at radius 3 is 2.94 bits per heavy atom. The first-order valence-electron chi connectivity index (χ1n) is 5.43. The molecule has 4 nitrogen and oxygen atoms in total. The number of nitrogens with two attached hydrogens (primary N) is 1. The number of piperidine rings is 1. The molecule has 16 heavy (non-hydrogen) atoms. The van der Waals surface area contributed by atoms with E-state index in [1.165, 1.54) is 0 Å². The number of nitriles is 1. The molecule has 0 spiro atoms. The molecule has 1 atom stereocenters. The lowest BCUT2D eigenvalue weighted by Gasteiger charge is -2.32. The number of benzene rings is 1. The van der Waals surface area contributed by atoms with Crippen molar-refractivity contribution in [2.45, 2.75) is 18.9 Å². The number of nitrogens with zero attached hydrogens (tertiary/aromatic N) is 2. The van der Waals surface area contributed by atoms with Crippen molar-refractivity contribution in [3.8, 4) is 6.07 Å². The van der Waals surface area contributed by atoms with Crippen LogP contribution in [-0.4, -0.2) is 24.3 Å². The highest BCUT2D eigenvalue weighted by molar-refractivity contribution is 5.69. The smallest absolute Gasteiger partial charge is 0.0992 e. The second-order valence-corrected chi connectivity index (χ2v) is 4.13. The summed E-state index contributed by atoms with van der Waals surface area (Å²) in [5.41, 5.74) is 7.99. The lowest BCUT2D eigenvalue weighted by Crippen LogP contribution is -2.38. The van der Waals surface area contributed by atoms with Gasteiger partial charge < -0.3 is 15.7 Å². The molecule has 1 heterocycles. The number of rotatable bonds is 1. The molecule has 0 bridgehead atoms. The highest BCUT2D eigenvalue weighted by atomic mass is 16.3. The molecular weight excluding hydrogens is 202 g/mol. The van der Waals surface area contributed by atoms with Crippen LogP contribution in [0.15, 0.2) is 18.2 Å². The fourth-order valence-electron chi connectivity index (χ4n) is 2.09. The van der Waals surface area contributed by atoms with Crippen LogP contribution in [0.1, 0.15) is 18.4 Å². The monoisotopic (exact) mass is 217 g/mol. The average molecular weight is 217 g/mol. The summed E-state index contributed by atoms with van der Waals surface area (Å²) in [5.74, 6) is 0. The first-order chi connectivity index (χ1) is 7.70. The maximum atomic E-state index is 9.60. The van der Waals surface area contributed by atoms with E-state index in [-0.39, 0.29) is 6.10 Å². The molecule has 84 valence electrons. The van der Waals surface area contributed by atoms with Crippen LogP contribution in [0.4, 0.5) is 11.4 Å². The van der Waals surface area contributed by atoms with E-state index in [0.29, 0.717) is 17.8 Å². The molecule has 1 saturated heterocycles. The van der Waals surface area contributed by atoms with Crippen molar-refractivity contribution in [2.24, 2.45) is 0 Å². The van der Waals surface area contributed by atoms with Gasteiger partial charge in [-0.05, 0) is 31.0 Å². The van der Waals surface area contributed by atoms with Crippen molar-refractivity contribution in [1.82, 2.24) is 0 Å². The van der Waals surface area contributed by atoms with Crippen LogP contribution >= 0.6 is 0 Å². The zero-order valence-electron chi connectivity index (χ0n) is 9.06. The van der Waals surface area contributed by atoms with Crippen molar-refractivity contribution in [3.63, 3.8) is 0 Å². The van der Waals surface area contributed by atoms with Crippen LogP contribution in [0.2, 0.25) is 0 Å². The SMILES string of the molecule is N#Cc1ccc(N2CCCC(O)C2)c(N)c1. The quantitative estimate of drug-likeness (QED) is 0.691. The molecule has 0 saturated carbocycles. The Balaban J connectivity index is 2.23. The number of aliphatic hydroxyl groups excluding tert-OH is 1. The van der Waals surface area contributed by atoms with Crippen LogP contribution < -0.4 is 10.6 Å². The molecule has 0 amide bonds. The lowest BCUT2D eigenvalue weighted by molar-refractivity contribution is 0.154. The molecule has 1 unspecified atom stereocenters. The third-order valence-electron chi connectivity index (χ3n) is 2.89. The Morgan fingerprint density at radius 1 is 1.50 bits per heavy atom. The van der Waals surface area contributed by atoms with Crippen molar-refractivity contribution in [1.29, 1.82) is 5.26 Å². The highest BCUT2D eigenvalue weighted by Gasteiger charge is 2.19. The number of nitrogen functional groups attached to an aromatic ring is 1. The fourth-order valence-corrected chi connectivity index (χ4v) is 2.09. The predicted octanol–water partition coefficient (Wildman–Crippen LogP) is 1.10. The topological polar surface area (TPSA) is 73.3 Å². The maximum absolute atomic E-state index is 9.60. The Morgan fingerprint density at radius 2 is 2.31 bits per heavy atom. The van der Waals surface area contributed by atoms with Crippen molar-refractivity contribution in [3.05, 3.63) is 23.8 Å². The Hall–Kier alpha value is -1.73. The van der Waals surface area contributed by atoms with Gasteiger partial charge in [0.25, 0.3) is 0 Å².